The number of hydrogen-bond acceptors (Lipinski definition) is 4. The molecule has 2 atom stereocenters. The zero-order valence-corrected chi connectivity index (χ0v) is 18.8. The Morgan fingerprint density at radius 1 is 1.09 bits per heavy atom. The van der Waals surface area contributed by atoms with Crippen LogP contribution in [-0.4, -0.2) is 64.1 Å². The third kappa shape index (κ3) is 2.92. The fourth-order valence-electron chi connectivity index (χ4n) is 6.06. The van der Waals surface area contributed by atoms with Crippen LogP contribution >= 0.6 is 0 Å². The van der Waals surface area contributed by atoms with E-state index in [0.717, 1.165) is 47.1 Å². The van der Waals surface area contributed by atoms with Gasteiger partial charge in [0.05, 0.1) is 29.6 Å². The first kappa shape index (κ1) is 20.3. The number of para-hydroxylation sites is 2. The Balaban J connectivity index is 1.49. The number of hydrogen-bond donors (Lipinski definition) is 1. The molecule has 0 bridgehead atoms. The number of fused-ring (bicyclic) bond motifs is 6. The van der Waals surface area contributed by atoms with Crippen molar-refractivity contribution in [2.45, 2.75) is 38.0 Å². The number of nitrogens with zero attached hydrogens (tertiary/aromatic N) is 4. The molecule has 7 nitrogen and oxygen atoms in total. The summed E-state index contributed by atoms with van der Waals surface area (Å²) >= 11 is 0. The lowest BCUT2D eigenvalue weighted by Gasteiger charge is -2.46. The van der Waals surface area contributed by atoms with Gasteiger partial charge in [0.2, 0.25) is 5.91 Å². The largest absolute Gasteiger partial charge is 0.394 e. The van der Waals surface area contributed by atoms with Crippen molar-refractivity contribution in [3.63, 3.8) is 0 Å². The molecular weight excluding hydrogens is 416 g/mol. The highest BCUT2D eigenvalue weighted by Crippen LogP contribution is 2.44. The van der Waals surface area contributed by atoms with E-state index in [0.29, 0.717) is 13.1 Å². The molecule has 33 heavy (non-hydrogen) atoms. The number of aliphatic hydroxyl groups excluding tert-OH is 1. The molecular formula is C26H28N4O3. The minimum atomic E-state index is -0.261. The van der Waals surface area contributed by atoms with Crippen LogP contribution in [0.25, 0.3) is 10.9 Å². The van der Waals surface area contributed by atoms with Gasteiger partial charge >= 0.3 is 0 Å². The molecule has 0 saturated carbocycles. The summed E-state index contributed by atoms with van der Waals surface area (Å²) in [7, 11) is 2.03. The number of carbonyl (C=O) groups is 2. The molecule has 3 aliphatic heterocycles. The summed E-state index contributed by atoms with van der Waals surface area (Å²) in [6.07, 6.45) is 2.27. The summed E-state index contributed by atoms with van der Waals surface area (Å²) in [6.45, 7) is 1.55. The van der Waals surface area contributed by atoms with E-state index in [9.17, 15) is 14.7 Å². The predicted molar refractivity (Wildman–Crippen MR) is 126 cm³/mol. The molecule has 2 unspecified atom stereocenters. The first-order valence-electron chi connectivity index (χ1n) is 11.7. The molecule has 2 amide bonds. The average Bonchev–Trinajstić information content (AvgIpc) is 3.45. The number of rotatable bonds is 3. The maximum Gasteiger partial charge on any atom is 0.257 e. The van der Waals surface area contributed by atoms with Crippen molar-refractivity contribution in [2.24, 2.45) is 0 Å². The number of benzene rings is 2. The van der Waals surface area contributed by atoms with Crippen molar-refractivity contribution in [1.29, 1.82) is 0 Å². The van der Waals surface area contributed by atoms with Crippen LogP contribution in [-0.2, 0) is 17.8 Å². The van der Waals surface area contributed by atoms with Gasteiger partial charge in [0, 0.05) is 31.0 Å². The molecule has 3 aromatic rings. The summed E-state index contributed by atoms with van der Waals surface area (Å²) in [4.78, 5) is 32.8. The first-order valence-corrected chi connectivity index (χ1v) is 11.7. The van der Waals surface area contributed by atoms with E-state index < -0.39 is 0 Å². The van der Waals surface area contributed by atoms with E-state index in [1.165, 1.54) is 5.56 Å². The third-order valence-electron chi connectivity index (χ3n) is 7.61. The monoisotopic (exact) mass is 444 g/mol. The van der Waals surface area contributed by atoms with Crippen LogP contribution < -0.4 is 4.90 Å². The van der Waals surface area contributed by atoms with Gasteiger partial charge in [0.15, 0.2) is 0 Å². The van der Waals surface area contributed by atoms with Gasteiger partial charge in [-0.2, -0.15) is 0 Å². The second-order valence-corrected chi connectivity index (χ2v) is 9.28. The molecule has 1 aromatic heterocycles. The van der Waals surface area contributed by atoms with Gasteiger partial charge in [0.1, 0.15) is 12.7 Å². The molecule has 1 saturated heterocycles. The van der Waals surface area contributed by atoms with Gasteiger partial charge < -0.3 is 24.4 Å². The highest BCUT2D eigenvalue weighted by Gasteiger charge is 2.43. The molecule has 3 aliphatic rings. The summed E-state index contributed by atoms with van der Waals surface area (Å²) in [5, 5.41) is 10.9. The van der Waals surface area contributed by atoms with Crippen molar-refractivity contribution in [2.75, 3.05) is 31.6 Å². The molecule has 6 rings (SSSR count). The van der Waals surface area contributed by atoms with Crippen LogP contribution in [0.5, 0.6) is 0 Å². The lowest BCUT2D eigenvalue weighted by Crippen LogP contribution is -2.51. The molecule has 1 fully saturated rings. The number of carbonyl (C=O) groups excluding carboxylic acids is 2. The van der Waals surface area contributed by atoms with Crippen molar-refractivity contribution in [3.05, 3.63) is 65.4 Å². The second-order valence-electron chi connectivity index (χ2n) is 9.28. The van der Waals surface area contributed by atoms with Crippen LogP contribution in [0.15, 0.2) is 48.5 Å². The lowest BCUT2D eigenvalue weighted by atomic mass is 9.96. The highest BCUT2D eigenvalue weighted by molar-refractivity contribution is 6.02. The number of amides is 2. The molecule has 0 spiro atoms. The number of aromatic nitrogens is 1. The van der Waals surface area contributed by atoms with Crippen LogP contribution in [0.4, 0.5) is 5.69 Å². The standard InChI is InChI=1S/C26H28N4O3/c1-27-21-10-4-3-9-20(21)26(33)29-14-12-19-18-8-2-5-11-22(18)30(24(19)25(27)29)15-23(32)28-13-6-7-17(28)16-31/h2-5,8-11,17,25,31H,6-7,12-16H2,1H3. The molecule has 4 heterocycles. The molecule has 170 valence electrons. The molecule has 1 N–H and O–H groups in total. The van der Waals surface area contributed by atoms with E-state index in [1.54, 1.807) is 0 Å². The second kappa shape index (κ2) is 7.63. The molecule has 0 aliphatic carbocycles. The number of anilines is 1. The number of likely N-dealkylation sites (tertiary alicyclic amines) is 1. The Morgan fingerprint density at radius 2 is 1.88 bits per heavy atom. The van der Waals surface area contributed by atoms with Crippen molar-refractivity contribution >= 4 is 28.4 Å². The fourth-order valence-corrected chi connectivity index (χ4v) is 6.06. The first-order chi connectivity index (χ1) is 16.1. The van der Waals surface area contributed by atoms with Crippen LogP contribution in [0.1, 0.15) is 40.6 Å². The zero-order valence-electron chi connectivity index (χ0n) is 18.8. The van der Waals surface area contributed by atoms with Gasteiger partial charge in [-0.3, -0.25) is 9.59 Å². The lowest BCUT2D eigenvalue weighted by molar-refractivity contribution is -0.133. The van der Waals surface area contributed by atoms with Crippen LogP contribution in [0, 0.1) is 0 Å². The van der Waals surface area contributed by atoms with E-state index in [2.05, 4.69) is 21.6 Å². The Morgan fingerprint density at radius 3 is 2.73 bits per heavy atom. The van der Waals surface area contributed by atoms with E-state index in [1.807, 2.05) is 53.2 Å². The topological polar surface area (TPSA) is 69.0 Å². The van der Waals surface area contributed by atoms with Gasteiger partial charge in [-0.25, -0.2) is 0 Å². The quantitative estimate of drug-likeness (QED) is 0.675. The van der Waals surface area contributed by atoms with Gasteiger partial charge in [-0.15, -0.1) is 0 Å². The van der Waals surface area contributed by atoms with Gasteiger partial charge in [-0.05, 0) is 43.0 Å². The van der Waals surface area contributed by atoms with Gasteiger partial charge in [0.25, 0.3) is 5.91 Å². The van der Waals surface area contributed by atoms with E-state index in [-0.39, 0.29) is 37.2 Å². The predicted octanol–water partition coefficient (Wildman–Crippen LogP) is 2.77. The Kier molecular flexibility index (Phi) is 4.69. The Hall–Kier alpha value is -3.32. The summed E-state index contributed by atoms with van der Waals surface area (Å²) in [6, 6.07) is 15.9. The maximum atomic E-state index is 13.4. The third-order valence-corrected chi connectivity index (χ3v) is 7.61. The fraction of sp³-hybridized carbons (Fsp3) is 0.385. The van der Waals surface area contributed by atoms with Crippen molar-refractivity contribution in [3.8, 4) is 0 Å². The number of aliphatic hydroxyl groups is 1. The molecule has 0 radical (unpaired) electrons. The SMILES string of the molecule is CN1c2ccccc2C(=O)N2CCc3c(n(CC(=O)N4CCCC4CO)c4ccccc34)C21. The van der Waals surface area contributed by atoms with Crippen LogP contribution in [0.3, 0.4) is 0 Å². The normalized spacial score (nSPS) is 21.9. The van der Waals surface area contributed by atoms with Crippen molar-refractivity contribution < 1.29 is 14.7 Å². The highest BCUT2D eigenvalue weighted by atomic mass is 16.3. The maximum absolute atomic E-state index is 13.4. The van der Waals surface area contributed by atoms with Crippen molar-refractivity contribution in [1.82, 2.24) is 14.4 Å². The zero-order chi connectivity index (χ0) is 22.7. The minimum absolute atomic E-state index is 0.000694. The van der Waals surface area contributed by atoms with E-state index in [4.69, 9.17) is 0 Å². The smallest absolute Gasteiger partial charge is 0.257 e. The molecule has 2 aromatic carbocycles. The summed E-state index contributed by atoms with van der Waals surface area (Å²) in [5.74, 6) is 0.0692. The average molecular weight is 445 g/mol. The molecule has 7 heteroatoms. The minimum Gasteiger partial charge on any atom is -0.394 e. The summed E-state index contributed by atoms with van der Waals surface area (Å²) < 4.78 is 2.12. The van der Waals surface area contributed by atoms with Gasteiger partial charge in [-0.1, -0.05) is 30.3 Å². The van der Waals surface area contributed by atoms with E-state index >= 15 is 0 Å². The Bertz CT molecular complexity index is 1270. The Labute approximate surface area is 192 Å². The summed E-state index contributed by atoms with van der Waals surface area (Å²) in [5.41, 5.74) is 4.91. The van der Waals surface area contributed by atoms with Crippen LogP contribution in [0.2, 0.25) is 0 Å².